The van der Waals surface area contributed by atoms with Gasteiger partial charge in [0.05, 0.1) is 6.10 Å². The maximum Gasteiger partial charge on any atom is 0.253 e. The SMILES string of the molecule is CN=C(NCCCOC1CCCc2ccccc21)NCCc1cccc(C(=O)N(C)C)c1. The summed E-state index contributed by atoms with van der Waals surface area (Å²) in [6, 6.07) is 16.4. The minimum absolute atomic E-state index is 0.0243. The van der Waals surface area contributed by atoms with E-state index in [-0.39, 0.29) is 12.0 Å². The lowest BCUT2D eigenvalue weighted by atomic mass is 9.89. The molecule has 6 heteroatoms. The first-order valence-corrected chi connectivity index (χ1v) is 11.5. The van der Waals surface area contributed by atoms with E-state index in [9.17, 15) is 4.79 Å². The molecule has 0 aliphatic heterocycles. The van der Waals surface area contributed by atoms with Crippen LogP contribution in [-0.2, 0) is 17.6 Å². The molecule has 6 nitrogen and oxygen atoms in total. The number of fused-ring (bicyclic) bond motifs is 1. The summed E-state index contributed by atoms with van der Waals surface area (Å²) in [5.41, 5.74) is 4.64. The average molecular weight is 437 g/mol. The third-order valence-electron chi connectivity index (χ3n) is 5.76. The van der Waals surface area contributed by atoms with Gasteiger partial charge in [-0.15, -0.1) is 0 Å². The maximum absolute atomic E-state index is 12.1. The van der Waals surface area contributed by atoms with E-state index in [1.807, 2.05) is 24.3 Å². The topological polar surface area (TPSA) is 66.0 Å². The highest BCUT2D eigenvalue weighted by molar-refractivity contribution is 5.94. The number of ether oxygens (including phenoxy) is 1. The van der Waals surface area contributed by atoms with Crippen LogP contribution in [-0.4, -0.2) is 57.6 Å². The van der Waals surface area contributed by atoms with E-state index >= 15 is 0 Å². The number of carbonyl (C=O) groups is 1. The molecule has 1 aliphatic carbocycles. The van der Waals surface area contributed by atoms with E-state index in [4.69, 9.17) is 4.74 Å². The van der Waals surface area contributed by atoms with Crippen LogP contribution in [0.25, 0.3) is 0 Å². The Bertz CT molecular complexity index is 910. The van der Waals surface area contributed by atoms with Crippen molar-refractivity contribution in [3.8, 4) is 0 Å². The standard InChI is InChI=1S/C26H36N4O2/c1-27-26(29-17-15-20-9-6-12-22(19-20)25(31)30(2)3)28-16-8-18-32-24-14-7-11-21-10-4-5-13-23(21)24/h4-6,9-10,12-13,19,24H,7-8,11,14-18H2,1-3H3,(H2,27,28,29). The molecule has 0 radical (unpaired) electrons. The Hall–Kier alpha value is -2.86. The molecule has 2 aromatic rings. The molecule has 0 aromatic heterocycles. The number of carbonyl (C=O) groups excluding carboxylic acids is 1. The largest absolute Gasteiger partial charge is 0.373 e. The van der Waals surface area contributed by atoms with Gasteiger partial charge in [-0.1, -0.05) is 36.4 Å². The fourth-order valence-electron chi connectivity index (χ4n) is 4.05. The fraction of sp³-hybridized carbons (Fsp3) is 0.462. The zero-order valence-electron chi connectivity index (χ0n) is 19.6. The molecule has 2 N–H and O–H groups in total. The van der Waals surface area contributed by atoms with Gasteiger partial charge >= 0.3 is 0 Å². The normalized spacial score (nSPS) is 15.7. The van der Waals surface area contributed by atoms with Crippen LogP contribution in [0.3, 0.4) is 0 Å². The second kappa shape index (κ2) is 12.2. The van der Waals surface area contributed by atoms with Gasteiger partial charge in [-0.25, -0.2) is 0 Å². The molecular formula is C26H36N4O2. The maximum atomic E-state index is 12.1. The van der Waals surface area contributed by atoms with Crippen molar-refractivity contribution < 1.29 is 9.53 Å². The molecule has 1 amide bonds. The van der Waals surface area contributed by atoms with Crippen molar-refractivity contribution in [2.45, 2.75) is 38.2 Å². The zero-order valence-corrected chi connectivity index (χ0v) is 19.6. The number of hydrogen-bond acceptors (Lipinski definition) is 3. The Morgan fingerprint density at radius 1 is 1.12 bits per heavy atom. The van der Waals surface area contributed by atoms with Crippen LogP contribution in [0.1, 0.15) is 52.4 Å². The van der Waals surface area contributed by atoms with Gasteiger partial charge in [0.2, 0.25) is 0 Å². The van der Waals surface area contributed by atoms with Gasteiger partial charge in [0, 0.05) is 46.4 Å². The van der Waals surface area contributed by atoms with Crippen molar-refractivity contribution in [3.05, 3.63) is 70.8 Å². The smallest absolute Gasteiger partial charge is 0.253 e. The van der Waals surface area contributed by atoms with Crippen molar-refractivity contribution in [2.24, 2.45) is 4.99 Å². The van der Waals surface area contributed by atoms with Crippen LogP contribution < -0.4 is 10.6 Å². The molecule has 1 aliphatic rings. The lowest BCUT2D eigenvalue weighted by Gasteiger charge is -2.25. The molecule has 0 spiro atoms. The van der Waals surface area contributed by atoms with Gasteiger partial charge in [0.1, 0.15) is 0 Å². The first-order valence-electron chi connectivity index (χ1n) is 11.5. The number of aryl methyl sites for hydroxylation is 1. The minimum atomic E-state index is 0.0243. The lowest BCUT2D eigenvalue weighted by Crippen LogP contribution is -2.39. The lowest BCUT2D eigenvalue weighted by molar-refractivity contribution is 0.0398. The number of aliphatic imine (C=N–C) groups is 1. The summed E-state index contributed by atoms with van der Waals surface area (Å²) in [5.74, 6) is 0.810. The van der Waals surface area contributed by atoms with Crippen LogP contribution in [0.15, 0.2) is 53.5 Å². The predicted octanol–water partition coefficient (Wildman–Crippen LogP) is 3.58. The Morgan fingerprint density at radius 3 is 2.75 bits per heavy atom. The first-order chi connectivity index (χ1) is 15.6. The van der Waals surface area contributed by atoms with Crippen molar-refractivity contribution in [1.29, 1.82) is 0 Å². The van der Waals surface area contributed by atoms with Gasteiger partial charge in [0.15, 0.2) is 5.96 Å². The third kappa shape index (κ3) is 6.82. The van der Waals surface area contributed by atoms with Crippen molar-refractivity contribution >= 4 is 11.9 Å². The number of nitrogens with one attached hydrogen (secondary N) is 2. The molecule has 0 saturated carbocycles. The Labute approximate surface area is 192 Å². The Balaban J connectivity index is 1.35. The Morgan fingerprint density at radius 2 is 1.94 bits per heavy atom. The molecule has 32 heavy (non-hydrogen) atoms. The second-order valence-electron chi connectivity index (χ2n) is 8.38. The molecule has 1 atom stereocenters. The van der Waals surface area contributed by atoms with E-state index in [1.54, 1.807) is 26.0 Å². The quantitative estimate of drug-likeness (QED) is 0.358. The number of amides is 1. The highest BCUT2D eigenvalue weighted by atomic mass is 16.5. The van der Waals surface area contributed by atoms with E-state index in [0.29, 0.717) is 0 Å². The van der Waals surface area contributed by atoms with Crippen molar-refractivity contribution in [2.75, 3.05) is 40.8 Å². The summed E-state index contributed by atoms with van der Waals surface area (Å²) >= 11 is 0. The van der Waals surface area contributed by atoms with Gasteiger partial charge in [-0.2, -0.15) is 0 Å². The number of benzene rings is 2. The van der Waals surface area contributed by atoms with Gasteiger partial charge < -0.3 is 20.3 Å². The first kappa shape index (κ1) is 23.8. The molecule has 0 bridgehead atoms. The summed E-state index contributed by atoms with van der Waals surface area (Å²) in [6.45, 7) is 2.28. The summed E-state index contributed by atoms with van der Waals surface area (Å²) in [4.78, 5) is 18.0. The van der Waals surface area contributed by atoms with Crippen LogP contribution in [0.2, 0.25) is 0 Å². The molecule has 2 aromatic carbocycles. The highest BCUT2D eigenvalue weighted by Crippen LogP contribution is 2.32. The predicted molar refractivity (Wildman–Crippen MR) is 130 cm³/mol. The van der Waals surface area contributed by atoms with E-state index < -0.39 is 0 Å². The number of rotatable bonds is 9. The third-order valence-corrected chi connectivity index (χ3v) is 5.76. The van der Waals surface area contributed by atoms with Gasteiger partial charge in [0.25, 0.3) is 5.91 Å². The highest BCUT2D eigenvalue weighted by Gasteiger charge is 2.19. The number of guanidine groups is 1. The van der Waals surface area contributed by atoms with Gasteiger partial charge in [-0.05, 0) is 60.9 Å². The van der Waals surface area contributed by atoms with Crippen molar-refractivity contribution in [1.82, 2.24) is 15.5 Å². The fourth-order valence-corrected chi connectivity index (χ4v) is 4.05. The molecule has 0 saturated heterocycles. The summed E-state index contributed by atoms with van der Waals surface area (Å²) in [5, 5.41) is 6.70. The number of hydrogen-bond donors (Lipinski definition) is 2. The average Bonchev–Trinajstić information content (AvgIpc) is 2.82. The van der Waals surface area contributed by atoms with Crippen molar-refractivity contribution in [3.63, 3.8) is 0 Å². The van der Waals surface area contributed by atoms with E-state index in [1.165, 1.54) is 17.5 Å². The molecular weight excluding hydrogens is 400 g/mol. The summed E-state index contributed by atoms with van der Waals surface area (Å²) in [7, 11) is 5.32. The summed E-state index contributed by atoms with van der Waals surface area (Å²) in [6.07, 6.45) is 5.44. The second-order valence-corrected chi connectivity index (χ2v) is 8.38. The molecule has 172 valence electrons. The monoisotopic (exact) mass is 436 g/mol. The van der Waals surface area contributed by atoms with Crippen LogP contribution >= 0.6 is 0 Å². The molecule has 0 fully saturated rings. The minimum Gasteiger partial charge on any atom is -0.373 e. The molecule has 1 unspecified atom stereocenters. The molecule has 0 heterocycles. The van der Waals surface area contributed by atoms with Crippen LogP contribution in [0, 0.1) is 0 Å². The number of nitrogens with zero attached hydrogens (tertiary/aromatic N) is 2. The Kier molecular flexibility index (Phi) is 9.11. The van der Waals surface area contributed by atoms with E-state index in [2.05, 4.69) is 39.9 Å². The van der Waals surface area contributed by atoms with Crippen LogP contribution in [0.4, 0.5) is 0 Å². The van der Waals surface area contributed by atoms with Gasteiger partial charge in [-0.3, -0.25) is 9.79 Å². The van der Waals surface area contributed by atoms with Crippen LogP contribution in [0.5, 0.6) is 0 Å². The van der Waals surface area contributed by atoms with E-state index in [0.717, 1.165) is 62.5 Å². The zero-order chi connectivity index (χ0) is 22.8. The molecule has 3 rings (SSSR count). The summed E-state index contributed by atoms with van der Waals surface area (Å²) < 4.78 is 6.18.